The van der Waals surface area contributed by atoms with Gasteiger partial charge >= 0.3 is 11.8 Å². The van der Waals surface area contributed by atoms with Gasteiger partial charge in [0.2, 0.25) is 5.43 Å². The van der Waals surface area contributed by atoms with Crippen molar-refractivity contribution in [3.05, 3.63) is 56.9 Å². The molecule has 1 aromatic carbocycles. The number of hydrogen-bond acceptors (Lipinski definition) is 3. The number of aromatic nitrogens is 1. The molecule has 120 valence electrons. The van der Waals surface area contributed by atoms with Gasteiger partial charge in [-0.05, 0) is 28.1 Å². The van der Waals surface area contributed by atoms with E-state index >= 15 is 0 Å². The fourth-order valence-electron chi connectivity index (χ4n) is 1.72. The average Bonchev–Trinajstić information content (AvgIpc) is 2.47. The van der Waals surface area contributed by atoms with Crippen LogP contribution in [0.25, 0.3) is 0 Å². The van der Waals surface area contributed by atoms with Crippen LogP contribution in [-0.2, 0) is 16.6 Å². The molecular formula is C14H10BrF2N3O3. The van der Waals surface area contributed by atoms with Gasteiger partial charge < -0.3 is 15.2 Å². The molecule has 0 fully saturated rings. The van der Waals surface area contributed by atoms with E-state index in [1.807, 2.05) is 5.32 Å². The van der Waals surface area contributed by atoms with Crippen LogP contribution in [0, 0.1) is 11.6 Å². The molecule has 23 heavy (non-hydrogen) atoms. The summed E-state index contributed by atoms with van der Waals surface area (Å²) < 4.78 is 28.5. The Labute approximate surface area is 137 Å². The van der Waals surface area contributed by atoms with Crippen molar-refractivity contribution < 1.29 is 18.4 Å². The molecule has 6 nitrogen and oxygen atoms in total. The molecule has 2 N–H and O–H groups in total. The summed E-state index contributed by atoms with van der Waals surface area (Å²) in [4.78, 5) is 35.3. The predicted octanol–water partition coefficient (Wildman–Crippen LogP) is 2.00. The van der Waals surface area contributed by atoms with E-state index in [1.165, 1.54) is 17.0 Å². The van der Waals surface area contributed by atoms with Gasteiger partial charge in [0.25, 0.3) is 0 Å². The molecule has 2 aromatic rings. The van der Waals surface area contributed by atoms with E-state index in [9.17, 15) is 23.2 Å². The largest absolute Gasteiger partial charge is 0.354 e. The minimum absolute atomic E-state index is 0.156. The molecule has 0 aliphatic carbocycles. The van der Waals surface area contributed by atoms with E-state index in [4.69, 9.17) is 0 Å². The molecule has 0 spiro atoms. The van der Waals surface area contributed by atoms with Crippen LogP contribution < -0.4 is 16.1 Å². The van der Waals surface area contributed by atoms with Gasteiger partial charge in [-0.15, -0.1) is 0 Å². The number of benzene rings is 1. The van der Waals surface area contributed by atoms with Crippen molar-refractivity contribution in [1.82, 2.24) is 4.57 Å². The van der Waals surface area contributed by atoms with Crippen molar-refractivity contribution in [3.8, 4) is 0 Å². The maximum Gasteiger partial charge on any atom is 0.314 e. The maximum absolute atomic E-state index is 13.4. The van der Waals surface area contributed by atoms with Crippen LogP contribution in [0.3, 0.4) is 0 Å². The predicted molar refractivity (Wildman–Crippen MR) is 83.0 cm³/mol. The molecule has 9 heteroatoms. The molecule has 0 atom stereocenters. The number of pyridine rings is 1. The van der Waals surface area contributed by atoms with Crippen LogP contribution in [0.2, 0.25) is 0 Å². The van der Waals surface area contributed by atoms with Gasteiger partial charge in [0, 0.05) is 19.4 Å². The van der Waals surface area contributed by atoms with Crippen LogP contribution >= 0.6 is 15.9 Å². The first kappa shape index (κ1) is 16.8. The molecule has 0 radical (unpaired) electrons. The Morgan fingerprint density at radius 1 is 1.09 bits per heavy atom. The zero-order valence-electron chi connectivity index (χ0n) is 11.7. The number of carbonyl (C=O) groups excluding carboxylic acids is 2. The maximum atomic E-state index is 13.4. The summed E-state index contributed by atoms with van der Waals surface area (Å²) in [6.07, 6.45) is 2.76. The van der Waals surface area contributed by atoms with E-state index in [0.29, 0.717) is 0 Å². The number of carbonyl (C=O) groups is 2. The average molecular weight is 386 g/mol. The molecule has 0 unspecified atom stereocenters. The Morgan fingerprint density at radius 3 is 2.26 bits per heavy atom. The Balaban J connectivity index is 2.19. The molecule has 2 rings (SSSR count). The highest BCUT2D eigenvalue weighted by molar-refractivity contribution is 9.10. The summed E-state index contributed by atoms with van der Waals surface area (Å²) in [7, 11) is 1.61. The quantitative estimate of drug-likeness (QED) is 0.775. The number of aryl methyl sites for hydroxylation is 1. The second kappa shape index (κ2) is 6.69. The zero-order valence-corrected chi connectivity index (χ0v) is 13.3. The van der Waals surface area contributed by atoms with Crippen molar-refractivity contribution in [2.45, 2.75) is 0 Å². The number of nitrogens with zero attached hydrogens (tertiary/aromatic N) is 1. The van der Waals surface area contributed by atoms with Gasteiger partial charge in [-0.25, -0.2) is 8.78 Å². The normalized spacial score (nSPS) is 10.3. The topological polar surface area (TPSA) is 80.2 Å². The Morgan fingerprint density at radius 2 is 1.65 bits per heavy atom. The second-order valence-electron chi connectivity index (χ2n) is 4.52. The molecule has 1 heterocycles. The van der Waals surface area contributed by atoms with Crippen LogP contribution in [0.15, 0.2) is 39.9 Å². The fourth-order valence-corrected chi connectivity index (χ4v) is 2.26. The summed E-state index contributed by atoms with van der Waals surface area (Å²) in [5.74, 6) is -4.59. The van der Waals surface area contributed by atoms with Crippen molar-refractivity contribution >= 4 is 39.1 Å². The lowest BCUT2D eigenvalue weighted by atomic mass is 10.3. The Kier molecular flexibility index (Phi) is 4.89. The summed E-state index contributed by atoms with van der Waals surface area (Å²) in [5, 5.41) is 3.92. The van der Waals surface area contributed by atoms with Crippen LogP contribution in [0.1, 0.15) is 0 Å². The fraction of sp³-hybridized carbons (Fsp3) is 0.0714. The van der Waals surface area contributed by atoms with Crippen LogP contribution in [0.4, 0.5) is 20.2 Å². The first-order chi connectivity index (χ1) is 10.8. The molecule has 1 aromatic heterocycles. The Hall–Kier alpha value is -2.55. The molecular weight excluding hydrogens is 376 g/mol. The highest BCUT2D eigenvalue weighted by atomic mass is 79.9. The minimum Gasteiger partial charge on any atom is -0.354 e. The van der Waals surface area contributed by atoms with Gasteiger partial charge in [-0.2, -0.15) is 0 Å². The number of nitrogens with one attached hydrogen (secondary N) is 2. The van der Waals surface area contributed by atoms with Crippen molar-refractivity contribution in [3.63, 3.8) is 0 Å². The van der Waals surface area contributed by atoms with Crippen molar-refractivity contribution in [2.24, 2.45) is 7.05 Å². The summed E-state index contributed by atoms with van der Waals surface area (Å²) in [6, 6.07) is 2.98. The first-order valence-corrected chi connectivity index (χ1v) is 7.01. The number of para-hydroxylation sites is 1. The summed E-state index contributed by atoms with van der Waals surface area (Å²) in [6.45, 7) is 0. The highest BCUT2D eigenvalue weighted by Crippen LogP contribution is 2.17. The molecule has 0 aliphatic heterocycles. The lowest BCUT2D eigenvalue weighted by molar-refractivity contribution is -0.133. The van der Waals surface area contributed by atoms with E-state index in [2.05, 4.69) is 21.2 Å². The van der Waals surface area contributed by atoms with E-state index in [-0.39, 0.29) is 10.2 Å². The standard InChI is InChI=1S/C14H10BrF2N3O3/c1-20-5-7(15)12(21)10(6-20)18-13(22)14(23)19-11-8(16)3-2-4-9(11)17/h2-6H,1H3,(H,18,22)(H,19,23). The smallest absolute Gasteiger partial charge is 0.314 e. The Bertz CT molecular complexity index is 831. The van der Waals surface area contributed by atoms with Gasteiger partial charge in [-0.1, -0.05) is 6.07 Å². The molecule has 2 amide bonds. The third kappa shape index (κ3) is 3.81. The molecule has 0 bridgehead atoms. The van der Waals surface area contributed by atoms with E-state index in [1.54, 1.807) is 7.05 Å². The van der Waals surface area contributed by atoms with Gasteiger partial charge in [0.1, 0.15) is 23.0 Å². The van der Waals surface area contributed by atoms with Gasteiger partial charge in [0.15, 0.2) is 0 Å². The molecule has 0 saturated carbocycles. The minimum atomic E-state index is -1.31. The second-order valence-corrected chi connectivity index (χ2v) is 5.37. The number of rotatable bonds is 2. The van der Waals surface area contributed by atoms with Crippen molar-refractivity contribution in [1.29, 1.82) is 0 Å². The lowest BCUT2D eigenvalue weighted by Crippen LogP contribution is -2.32. The van der Waals surface area contributed by atoms with E-state index < -0.39 is 34.6 Å². The van der Waals surface area contributed by atoms with E-state index in [0.717, 1.165) is 18.2 Å². The first-order valence-electron chi connectivity index (χ1n) is 6.21. The zero-order chi connectivity index (χ0) is 17.1. The number of halogens is 3. The number of anilines is 2. The summed E-state index contributed by atoms with van der Waals surface area (Å²) in [5.41, 5.74) is -1.44. The highest BCUT2D eigenvalue weighted by Gasteiger charge is 2.19. The third-order valence-corrected chi connectivity index (χ3v) is 3.33. The SMILES string of the molecule is Cn1cc(Br)c(=O)c(NC(=O)C(=O)Nc2c(F)cccc2F)c1. The van der Waals surface area contributed by atoms with Crippen LogP contribution in [0.5, 0.6) is 0 Å². The number of hydrogen-bond donors (Lipinski definition) is 2. The van der Waals surface area contributed by atoms with Gasteiger partial charge in [-0.3, -0.25) is 14.4 Å². The number of amides is 2. The molecule has 0 aliphatic rings. The lowest BCUT2D eigenvalue weighted by Gasteiger charge is -2.09. The molecule has 0 saturated heterocycles. The van der Waals surface area contributed by atoms with Gasteiger partial charge in [0.05, 0.1) is 4.47 Å². The third-order valence-electron chi connectivity index (χ3n) is 2.77. The van der Waals surface area contributed by atoms with Crippen molar-refractivity contribution in [2.75, 3.05) is 10.6 Å². The van der Waals surface area contributed by atoms with Crippen LogP contribution in [-0.4, -0.2) is 16.4 Å². The monoisotopic (exact) mass is 385 g/mol. The summed E-state index contributed by atoms with van der Waals surface area (Å²) >= 11 is 3.01.